The van der Waals surface area contributed by atoms with E-state index in [0.717, 1.165) is 10.8 Å². The average Bonchev–Trinajstić information content (AvgIpc) is 3.32. The number of hydrogen-bond acceptors (Lipinski definition) is 7. The van der Waals surface area contributed by atoms with Crippen molar-refractivity contribution < 1.29 is 23.0 Å². The van der Waals surface area contributed by atoms with Gasteiger partial charge >= 0.3 is 6.61 Å². The van der Waals surface area contributed by atoms with Crippen molar-refractivity contribution in [1.29, 1.82) is 0 Å². The Bertz CT molecular complexity index is 860. The van der Waals surface area contributed by atoms with Gasteiger partial charge in [-0.2, -0.15) is 8.78 Å². The molecule has 8 nitrogen and oxygen atoms in total. The summed E-state index contributed by atoms with van der Waals surface area (Å²) in [5, 5.41) is 9.20. The summed E-state index contributed by atoms with van der Waals surface area (Å²) in [5.41, 5.74) is 1.35. The second-order valence-corrected chi connectivity index (χ2v) is 7.09. The van der Waals surface area contributed by atoms with Gasteiger partial charge in [-0.15, -0.1) is 11.3 Å². The van der Waals surface area contributed by atoms with Crippen molar-refractivity contribution in [1.82, 2.24) is 15.6 Å². The molecule has 158 valence electrons. The van der Waals surface area contributed by atoms with E-state index >= 15 is 0 Å². The van der Waals surface area contributed by atoms with Gasteiger partial charge in [0.25, 0.3) is 0 Å². The molecule has 0 amide bonds. The van der Waals surface area contributed by atoms with Gasteiger partial charge in [0.2, 0.25) is 6.79 Å². The van der Waals surface area contributed by atoms with Crippen LogP contribution >= 0.6 is 11.3 Å². The van der Waals surface area contributed by atoms with E-state index < -0.39 is 6.61 Å². The number of halogens is 2. The SMILES string of the molecule is CCNC(=NCc1cc2c(cc1OC(F)F)OCO2)NCc1csc(N(C)C)n1. The van der Waals surface area contributed by atoms with Gasteiger partial charge in [-0.3, -0.25) is 0 Å². The summed E-state index contributed by atoms with van der Waals surface area (Å²) in [5.74, 6) is 1.40. The molecule has 3 rings (SSSR count). The highest BCUT2D eigenvalue weighted by Crippen LogP contribution is 2.39. The Morgan fingerprint density at radius 3 is 2.72 bits per heavy atom. The van der Waals surface area contributed by atoms with Crippen LogP contribution in [0.25, 0.3) is 0 Å². The first-order valence-electron chi connectivity index (χ1n) is 8.97. The molecule has 0 spiro atoms. The number of rotatable bonds is 8. The monoisotopic (exact) mass is 427 g/mol. The fourth-order valence-corrected chi connectivity index (χ4v) is 3.32. The average molecular weight is 427 g/mol. The van der Waals surface area contributed by atoms with Crippen molar-refractivity contribution >= 4 is 22.4 Å². The minimum Gasteiger partial charge on any atom is -0.454 e. The number of benzene rings is 1. The first-order chi connectivity index (χ1) is 14.0. The Balaban J connectivity index is 1.72. The highest BCUT2D eigenvalue weighted by molar-refractivity contribution is 7.13. The normalized spacial score (nSPS) is 13.0. The Kier molecular flexibility index (Phi) is 6.91. The predicted octanol–water partition coefficient (Wildman–Crippen LogP) is 2.79. The molecule has 1 aromatic carbocycles. The number of nitrogens with zero attached hydrogens (tertiary/aromatic N) is 3. The molecule has 0 atom stereocenters. The zero-order valence-corrected chi connectivity index (χ0v) is 17.2. The molecule has 0 saturated carbocycles. The minimum absolute atomic E-state index is 0.0129. The van der Waals surface area contributed by atoms with Crippen molar-refractivity contribution in [3.63, 3.8) is 0 Å². The molecule has 0 aliphatic carbocycles. The predicted molar refractivity (Wildman–Crippen MR) is 107 cm³/mol. The summed E-state index contributed by atoms with van der Waals surface area (Å²) < 4.78 is 40.7. The third kappa shape index (κ3) is 5.59. The molecule has 2 N–H and O–H groups in total. The molecule has 1 aliphatic heterocycles. The van der Waals surface area contributed by atoms with Crippen molar-refractivity contribution in [2.24, 2.45) is 4.99 Å². The minimum atomic E-state index is -2.94. The van der Waals surface area contributed by atoms with Gasteiger partial charge in [0.05, 0.1) is 18.8 Å². The number of hydrogen-bond donors (Lipinski definition) is 2. The fourth-order valence-electron chi connectivity index (χ4n) is 2.56. The van der Waals surface area contributed by atoms with E-state index in [1.807, 2.05) is 31.3 Å². The third-order valence-corrected chi connectivity index (χ3v) is 4.94. The van der Waals surface area contributed by atoms with Crippen molar-refractivity contribution in [2.75, 3.05) is 32.3 Å². The van der Waals surface area contributed by atoms with Gasteiger partial charge in [0, 0.05) is 37.6 Å². The zero-order chi connectivity index (χ0) is 20.8. The number of ether oxygens (including phenoxy) is 3. The molecule has 0 bridgehead atoms. The maximum Gasteiger partial charge on any atom is 0.387 e. The maximum absolute atomic E-state index is 12.8. The number of fused-ring (bicyclic) bond motifs is 1. The van der Waals surface area contributed by atoms with Crippen LogP contribution in [0, 0.1) is 0 Å². The number of aliphatic imine (C=N–C) groups is 1. The molecular weight excluding hydrogens is 404 g/mol. The first-order valence-corrected chi connectivity index (χ1v) is 9.85. The van der Waals surface area contributed by atoms with E-state index in [2.05, 4.69) is 25.3 Å². The zero-order valence-electron chi connectivity index (χ0n) is 16.4. The van der Waals surface area contributed by atoms with Crippen LogP contribution in [0.15, 0.2) is 22.5 Å². The molecule has 11 heteroatoms. The lowest BCUT2D eigenvalue weighted by Crippen LogP contribution is -2.36. The molecule has 1 aromatic heterocycles. The standard InChI is InChI=1S/C18H23F2N5O3S/c1-4-21-17(23-8-12-9-29-18(24-12)25(2)3)22-7-11-5-14-15(27-10-26-14)6-13(11)28-16(19)20/h5-6,9,16H,4,7-8,10H2,1-3H3,(H2,21,22,23). The highest BCUT2D eigenvalue weighted by atomic mass is 32.1. The number of anilines is 1. The topological polar surface area (TPSA) is 80.2 Å². The van der Waals surface area contributed by atoms with Crippen LogP contribution in [-0.2, 0) is 13.1 Å². The summed E-state index contributed by atoms with van der Waals surface area (Å²) >= 11 is 1.55. The lowest BCUT2D eigenvalue weighted by Gasteiger charge is -2.13. The summed E-state index contributed by atoms with van der Waals surface area (Å²) in [6.45, 7) is 0.290. The van der Waals surface area contributed by atoms with Crippen molar-refractivity contribution in [3.8, 4) is 17.2 Å². The van der Waals surface area contributed by atoms with Gasteiger partial charge in [-0.1, -0.05) is 0 Å². The van der Waals surface area contributed by atoms with Crippen LogP contribution in [0.5, 0.6) is 17.2 Å². The molecule has 2 aromatic rings. The molecule has 0 unspecified atom stereocenters. The fraction of sp³-hybridized carbons (Fsp3) is 0.444. The number of alkyl halides is 2. The maximum atomic E-state index is 12.8. The molecule has 0 fully saturated rings. The summed E-state index contributed by atoms with van der Waals surface area (Å²) in [6.07, 6.45) is 0. The van der Waals surface area contributed by atoms with E-state index in [0.29, 0.717) is 36.1 Å². The quantitative estimate of drug-likeness (QED) is 0.495. The van der Waals surface area contributed by atoms with E-state index in [1.165, 1.54) is 6.07 Å². The van der Waals surface area contributed by atoms with Gasteiger partial charge in [-0.05, 0) is 13.0 Å². The largest absolute Gasteiger partial charge is 0.454 e. The molecule has 29 heavy (non-hydrogen) atoms. The Labute approximate surface area is 171 Å². The summed E-state index contributed by atoms with van der Waals surface area (Å²) in [7, 11) is 3.87. The highest BCUT2D eigenvalue weighted by Gasteiger charge is 2.20. The second-order valence-electron chi connectivity index (χ2n) is 6.26. The van der Waals surface area contributed by atoms with Crippen LogP contribution < -0.4 is 29.7 Å². The van der Waals surface area contributed by atoms with Crippen molar-refractivity contribution in [3.05, 3.63) is 28.8 Å². The van der Waals surface area contributed by atoms with Gasteiger partial charge in [0.1, 0.15) is 5.75 Å². The van der Waals surface area contributed by atoms with Crippen LogP contribution in [0.4, 0.5) is 13.9 Å². The lowest BCUT2D eigenvalue weighted by molar-refractivity contribution is -0.0505. The molecule has 2 heterocycles. The summed E-state index contributed by atoms with van der Waals surface area (Å²) in [4.78, 5) is 10.9. The third-order valence-electron chi connectivity index (χ3n) is 3.88. The summed E-state index contributed by atoms with van der Waals surface area (Å²) in [6, 6.07) is 3.01. The van der Waals surface area contributed by atoms with Crippen LogP contribution in [0.2, 0.25) is 0 Å². The van der Waals surface area contributed by atoms with E-state index in [1.54, 1.807) is 17.4 Å². The number of thiazole rings is 1. The van der Waals surface area contributed by atoms with Gasteiger partial charge in [0.15, 0.2) is 22.6 Å². The smallest absolute Gasteiger partial charge is 0.387 e. The Morgan fingerprint density at radius 2 is 2.07 bits per heavy atom. The van der Waals surface area contributed by atoms with Gasteiger partial charge < -0.3 is 29.7 Å². The number of guanidine groups is 1. The van der Waals surface area contributed by atoms with Crippen LogP contribution in [0.3, 0.4) is 0 Å². The number of aromatic nitrogens is 1. The second kappa shape index (κ2) is 9.59. The molecule has 0 radical (unpaired) electrons. The van der Waals surface area contributed by atoms with E-state index in [-0.39, 0.29) is 19.1 Å². The Morgan fingerprint density at radius 1 is 1.31 bits per heavy atom. The van der Waals surface area contributed by atoms with Gasteiger partial charge in [-0.25, -0.2) is 9.98 Å². The Hall–Kier alpha value is -2.82. The van der Waals surface area contributed by atoms with Crippen molar-refractivity contribution in [2.45, 2.75) is 26.6 Å². The molecule has 1 aliphatic rings. The first kappa shape index (κ1) is 20.9. The van der Waals surface area contributed by atoms with E-state index in [9.17, 15) is 8.78 Å². The van der Waals surface area contributed by atoms with Crippen LogP contribution in [0.1, 0.15) is 18.2 Å². The molecule has 0 saturated heterocycles. The molecular formula is C18H23F2N5O3S. The van der Waals surface area contributed by atoms with Crippen LogP contribution in [-0.4, -0.2) is 45.0 Å². The lowest BCUT2D eigenvalue weighted by atomic mass is 10.1. The van der Waals surface area contributed by atoms with E-state index in [4.69, 9.17) is 9.47 Å². The number of nitrogens with one attached hydrogen (secondary N) is 2.